The Morgan fingerprint density at radius 3 is 2.56 bits per heavy atom. The highest BCUT2D eigenvalue weighted by Crippen LogP contribution is 2.28. The summed E-state index contributed by atoms with van der Waals surface area (Å²) in [6.07, 6.45) is 2.85. The van der Waals surface area contributed by atoms with Crippen LogP contribution in [-0.2, 0) is 4.79 Å². The summed E-state index contributed by atoms with van der Waals surface area (Å²) in [5.41, 5.74) is 5.53. The number of Topliss-reactive ketones (excluding diaryl/α,β-unsaturated/α-hetero) is 1. The zero-order chi connectivity index (χ0) is 6.85. The molecule has 0 bridgehead atoms. The van der Waals surface area contributed by atoms with Crippen LogP contribution in [-0.4, -0.2) is 11.8 Å². The fourth-order valence-corrected chi connectivity index (χ4v) is 1.36. The van der Waals surface area contributed by atoms with Crippen LogP contribution in [0.4, 0.5) is 0 Å². The molecular weight excluding hydrogens is 114 g/mol. The maximum absolute atomic E-state index is 10.5. The van der Waals surface area contributed by atoms with Gasteiger partial charge in [0.1, 0.15) is 5.78 Å². The Morgan fingerprint density at radius 1 is 1.67 bits per heavy atom. The summed E-state index contributed by atoms with van der Waals surface area (Å²) in [7, 11) is 0. The molecular formula is C7H13NO. The van der Waals surface area contributed by atoms with Crippen LogP contribution in [0.25, 0.3) is 0 Å². The minimum Gasteiger partial charge on any atom is -0.328 e. The summed E-state index contributed by atoms with van der Waals surface area (Å²) in [6.45, 7) is 1.64. The second kappa shape index (κ2) is 2.48. The second-order valence-corrected chi connectivity index (χ2v) is 3.00. The highest BCUT2D eigenvalue weighted by Gasteiger charge is 2.26. The quantitative estimate of drug-likeness (QED) is 0.593. The number of hydrogen-bond acceptors (Lipinski definition) is 2. The van der Waals surface area contributed by atoms with E-state index in [2.05, 4.69) is 0 Å². The van der Waals surface area contributed by atoms with Crippen LogP contribution in [0.15, 0.2) is 0 Å². The third-order valence-electron chi connectivity index (χ3n) is 1.85. The number of hydrogen-bond donors (Lipinski definition) is 1. The zero-order valence-electron chi connectivity index (χ0n) is 5.76. The zero-order valence-corrected chi connectivity index (χ0v) is 5.76. The molecule has 9 heavy (non-hydrogen) atoms. The first-order chi connectivity index (χ1) is 4.18. The van der Waals surface area contributed by atoms with E-state index in [4.69, 9.17) is 5.73 Å². The molecule has 0 aromatic rings. The standard InChI is InChI=1S/C7H13NO/c1-5(9)2-6-3-7(8)4-6/h6-7H,2-4,8H2,1H3. The van der Waals surface area contributed by atoms with Gasteiger partial charge in [0.2, 0.25) is 0 Å². The van der Waals surface area contributed by atoms with Crippen LogP contribution >= 0.6 is 0 Å². The van der Waals surface area contributed by atoms with Crippen molar-refractivity contribution >= 4 is 5.78 Å². The molecule has 0 unspecified atom stereocenters. The number of carbonyl (C=O) groups is 1. The molecule has 1 aliphatic carbocycles. The lowest BCUT2D eigenvalue weighted by Gasteiger charge is -2.31. The van der Waals surface area contributed by atoms with Crippen LogP contribution in [0, 0.1) is 5.92 Å². The SMILES string of the molecule is CC(=O)CC1CC(N)C1. The van der Waals surface area contributed by atoms with Crippen LogP contribution in [0.2, 0.25) is 0 Å². The Morgan fingerprint density at radius 2 is 2.22 bits per heavy atom. The molecule has 1 rings (SSSR count). The van der Waals surface area contributed by atoms with Crippen molar-refractivity contribution in [2.24, 2.45) is 11.7 Å². The molecule has 0 aliphatic heterocycles. The molecule has 0 aromatic heterocycles. The first-order valence-electron chi connectivity index (χ1n) is 3.43. The molecule has 52 valence electrons. The normalized spacial score (nSPS) is 33.6. The van der Waals surface area contributed by atoms with E-state index in [1.807, 2.05) is 0 Å². The van der Waals surface area contributed by atoms with Crippen LogP contribution in [0.3, 0.4) is 0 Å². The predicted octanol–water partition coefficient (Wildman–Crippen LogP) is 0.703. The van der Waals surface area contributed by atoms with Crippen molar-refractivity contribution in [3.05, 3.63) is 0 Å². The lowest BCUT2D eigenvalue weighted by Crippen LogP contribution is -2.36. The van der Waals surface area contributed by atoms with Crippen molar-refractivity contribution in [2.45, 2.75) is 32.2 Å². The Kier molecular flexibility index (Phi) is 1.86. The summed E-state index contributed by atoms with van der Waals surface area (Å²) in [6, 6.07) is 0.384. The van der Waals surface area contributed by atoms with Crippen molar-refractivity contribution < 1.29 is 4.79 Å². The number of ketones is 1. The Labute approximate surface area is 55.4 Å². The molecule has 0 atom stereocenters. The van der Waals surface area contributed by atoms with E-state index in [9.17, 15) is 4.79 Å². The van der Waals surface area contributed by atoms with Gasteiger partial charge in [-0.3, -0.25) is 0 Å². The molecule has 2 heteroatoms. The number of carbonyl (C=O) groups excluding carboxylic acids is 1. The molecule has 0 aromatic carbocycles. The van der Waals surface area contributed by atoms with Gasteiger partial charge in [-0.25, -0.2) is 0 Å². The molecule has 0 heterocycles. The maximum atomic E-state index is 10.5. The van der Waals surface area contributed by atoms with E-state index in [-0.39, 0.29) is 0 Å². The monoisotopic (exact) mass is 127 g/mol. The molecule has 1 saturated carbocycles. The summed E-state index contributed by atoms with van der Waals surface area (Å²) >= 11 is 0. The molecule has 0 amide bonds. The van der Waals surface area contributed by atoms with Crippen LogP contribution < -0.4 is 5.73 Å². The van der Waals surface area contributed by atoms with Crippen molar-refractivity contribution in [3.8, 4) is 0 Å². The van der Waals surface area contributed by atoms with Crippen LogP contribution in [0.1, 0.15) is 26.2 Å². The lowest BCUT2D eigenvalue weighted by molar-refractivity contribution is -0.118. The highest BCUT2D eigenvalue weighted by molar-refractivity contribution is 5.75. The van der Waals surface area contributed by atoms with Gasteiger partial charge in [0, 0.05) is 12.5 Å². The molecule has 2 N–H and O–H groups in total. The van der Waals surface area contributed by atoms with Gasteiger partial charge in [-0.05, 0) is 25.7 Å². The van der Waals surface area contributed by atoms with Crippen LogP contribution in [0.5, 0.6) is 0 Å². The van der Waals surface area contributed by atoms with E-state index < -0.39 is 0 Å². The van der Waals surface area contributed by atoms with Crippen molar-refractivity contribution in [2.75, 3.05) is 0 Å². The van der Waals surface area contributed by atoms with Crippen molar-refractivity contribution in [3.63, 3.8) is 0 Å². The minimum absolute atomic E-state index is 0.298. The largest absolute Gasteiger partial charge is 0.328 e. The van der Waals surface area contributed by atoms with Gasteiger partial charge in [-0.15, -0.1) is 0 Å². The Balaban J connectivity index is 2.11. The van der Waals surface area contributed by atoms with Crippen molar-refractivity contribution in [1.82, 2.24) is 0 Å². The van der Waals surface area contributed by atoms with Gasteiger partial charge in [-0.1, -0.05) is 0 Å². The van der Waals surface area contributed by atoms with E-state index in [1.165, 1.54) is 0 Å². The van der Waals surface area contributed by atoms with Gasteiger partial charge in [0.25, 0.3) is 0 Å². The average Bonchev–Trinajstić information content (AvgIpc) is 1.60. The highest BCUT2D eigenvalue weighted by atomic mass is 16.1. The summed E-state index contributed by atoms with van der Waals surface area (Å²) in [5, 5.41) is 0. The molecule has 0 saturated heterocycles. The van der Waals surface area contributed by atoms with E-state index in [0.717, 1.165) is 19.3 Å². The minimum atomic E-state index is 0.298. The van der Waals surface area contributed by atoms with Crippen molar-refractivity contribution in [1.29, 1.82) is 0 Å². The first-order valence-corrected chi connectivity index (χ1v) is 3.43. The Bertz CT molecular complexity index is 116. The molecule has 0 radical (unpaired) electrons. The molecule has 1 aliphatic rings. The molecule has 0 spiro atoms. The smallest absolute Gasteiger partial charge is 0.130 e. The van der Waals surface area contributed by atoms with Gasteiger partial charge in [-0.2, -0.15) is 0 Å². The topological polar surface area (TPSA) is 43.1 Å². The number of rotatable bonds is 2. The first kappa shape index (κ1) is 6.75. The fraction of sp³-hybridized carbons (Fsp3) is 0.857. The maximum Gasteiger partial charge on any atom is 0.130 e. The summed E-state index contributed by atoms with van der Waals surface area (Å²) in [4.78, 5) is 10.5. The van der Waals surface area contributed by atoms with Gasteiger partial charge in [0.15, 0.2) is 0 Å². The average molecular weight is 127 g/mol. The summed E-state index contributed by atoms with van der Waals surface area (Å²) in [5.74, 6) is 0.907. The van der Waals surface area contributed by atoms with Gasteiger partial charge in [0.05, 0.1) is 0 Å². The van der Waals surface area contributed by atoms with Gasteiger partial charge >= 0.3 is 0 Å². The van der Waals surface area contributed by atoms with E-state index in [0.29, 0.717) is 17.7 Å². The number of nitrogens with two attached hydrogens (primary N) is 1. The molecule has 1 fully saturated rings. The third-order valence-corrected chi connectivity index (χ3v) is 1.85. The van der Waals surface area contributed by atoms with E-state index >= 15 is 0 Å². The van der Waals surface area contributed by atoms with Gasteiger partial charge < -0.3 is 10.5 Å². The Hall–Kier alpha value is -0.370. The lowest BCUT2D eigenvalue weighted by atomic mass is 9.78. The van der Waals surface area contributed by atoms with E-state index in [1.54, 1.807) is 6.92 Å². The second-order valence-electron chi connectivity index (χ2n) is 3.00. The summed E-state index contributed by atoms with van der Waals surface area (Å²) < 4.78 is 0. The predicted molar refractivity (Wildman–Crippen MR) is 36.0 cm³/mol. The third kappa shape index (κ3) is 1.79. The molecule has 2 nitrogen and oxygen atoms in total. The fourth-order valence-electron chi connectivity index (χ4n) is 1.36.